The van der Waals surface area contributed by atoms with E-state index in [1.807, 2.05) is 0 Å². The van der Waals surface area contributed by atoms with Gasteiger partial charge in [0.2, 0.25) is 5.91 Å². The Morgan fingerprint density at radius 2 is 2.20 bits per heavy atom. The zero-order valence-electron chi connectivity index (χ0n) is 8.92. The lowest BCUT2D eigenvalue weighted by atomic mass is 10.2. The number of hydrogen-bond acceptors (Lipinski definition) is 3. The van der Waals surface area contributed by atoms with Gasteiger partial charge in [-0.3, -0.25) is 4.79 Å². The van der Waals surface area contributed by atoms with Crippen LogP contribution in [0.4, 0.5) is 8.78 Å². The van der Waals surface area contributed by atoms with Gasteiger partial charge in [0.15, 0.2) is 0 Å². The monoisotopic (exact) mass is 224 g/mol. The number of nitrogens with zero attached hydrogens (tertiary/aromatic N) is 1. The highest BCUT2D eigenvalue weighted by Gasteiger charge is 2.17. The van der Waals surface area contributed by atoms with Crippen LogP contribution in [0.5, 0.6) is 0 Å². The van der Waals surface area contributed by atoms with Gasteiger partial charge >= 0.3 is 0 Å². The van der Waals surface area contributed by atoms with Crippen molar-refractivity contribution in [2.75, 3.05) is 33.4 Å². The van der Waals surface area contributed by atoms with Crippen molar-refractivity contribution in [3.63, 3.8) is 0 Å². The Morgan fingerprint density at radius 3 is 2.67 bits per heavy atom. The standard InChI is InChI=1S/C9H18F2N2O2/c1-15-6-5-13(7-8(10)11)9(14)3-2-4-12/h8H,2-7,12H2,1H3. The molecule has 0 saturated heterocycles. The third kappa shape index (κ3) is 7.21. The lowest BCUT2D eigenvalue weighted by Gasteiger charge is -2.21. The predicted octanol–water partition coefficient (Wildman–Crippen LogP) is 0.465. The number of nitrogens with two attached hydrogens (primary N) is 1. The molecule has 0 heterocycles. The summed E-state index contributed by atoms with van der Waals surface area (Å²) in [5.41, 5.74) is 5.23. The van der Waals surface area contributed by atoms with E-state index in [4.69, 9.17) is 10.5 Å². The van der Waals surface area contributed by atoms with Crippen LogP contribution >= 0.6 is 0 Å². The van der Waals surface area contributed by atoms with Crippen LogP contribution in [0.2, 0.25) is 0 Å². The lowest BCUT2D eigenvalue weighted by Crippen LogP contribution is -2.37. The molecular weight excluding hydrogens is 206 g/mol. The summed E-state index contributed by atoms with van der Waals surface area (Å²) in [7, 11) is 1.46. The molecule has 0 aliphatic heterocycles. The Balaban J connectivity index is 4.02. The number of carbonyl (C=O) groups excluding carboxylic acids is 1. The van der Waals surface area contributed by atoms with E-state index in [0.29, 0.717) is 13.0 Å². The number of amides is 1. The van der Waals surface area contributed by atoms with Crippen LogP contribution in [0.3, 0.4) is 0 Å². The summed E-state index contributed by atoms with van der Waals surface area (Å²) in [5.74, 6) is -0.294. The summed E-state index contributed by atoms with van der Waals surface area (Å²) in [6.45, 7) is 0.316. The third-order valence-electron chi connectivity index (χ3n) is 1.87. The molecule has 0 fully saturated rings. The van der Waals surface area contributed by atoms with Crippen molar-refractivity contribution < 1.29 is 18.3 Å². The quantitative estimate of drug-likeness (QED) is 0.652. The van der Waals surface area contributed by atoms with Crippen molar-refractivity contribution in [2.45, 2.75) is 19.3 Å². The SMILES string of the molecule is COCCN(CC(F)F)C(=O)CCCN. The van der Waals surface area contributed by atoms with Crippen molar-refractivity contribution >= 4 is 5.91 Å². The van der Waals surface area contributed by atoms with Gasteiger partial charge in [-0.2, -0.15) is 0 Å². The topological polar surface area (TPSA) is 55.6 Å². The zero-order valence-corrected chi connectivity index (χ0v) is 8.92. The molecule has 0 atom stereocenters. The number of methoxy groups -OCH3 is 1. The molecule has 0 rings (SSSR count). The Kier molecular flexibility index (Phi) is 8.12. The largest absolute Gasteiger partial charge is 0.383 e. The molecule has 15 heavy (non-hydrogen) atoms. The van der Waals surface area contributed by atoms with Gasteiger partial charge in [-0.25, -0.2) is 8.78 Å². The van der Waals surface area contributed by atoms with Crippen molar-refractivity contribution in [1.29, 1.82) is 0 Å². The normalized spacial score (nSPS) is 10.7. The fraction of sp³-hybridized carbons (Fsp3) is 0.889. The molecule has 0 bridgehead atoms. The van der Waals surface area contributed by atoms with Crippen LogP contribution in [0, 0.1) is 0 Å². The minimum atomic E-state index is -2.51. The second-order valence-electron chi connectivity index (χ2n) is 3.12. The van der Waals surface area contributed by atoms with Crippen molar-refractivity contribution in [3.8, 4) is 0 Å². The van der Waals surface area contributed by atoms with Gasteiger partial charge in [0, 0.05) is 20.1 Å². The van der Waals surface area contributed by atoms with E-state index in [9.17, 15) is 13.6 Å². The number of halogens is 2. The van der Waals surface area contributed by atoms with E-state index in [1.165, 1.54) is 7.11 Å². The molecule has 1 amide bonds. The van der Waals surface area contributed by atoms with Crippen LogP contribution in [0.25, 0.3) is 0 Å². The molecule has 0 aromatic carbocycles. The molecule has 4 nitrogen and oxygen atoms in total. The maximum atomic E-state index is 12.1. The number of carbonyl (C=O) groups is 1. The van der Waals surface area contributed by atoms with Crippen molar-refractivity contribution in [2.24, 2.45) is 5.73 Å². The fourth-order valence-corrected chi connectivity index (χ4v) is 1.10. The van der Waals surface area contributed by atoms with E-state index >= 15 is 0 Å². The van der Waals surface area contributed by atoms with E-state index in [0.717, 1.165) is 4.90 Å². The second-order valence-corrected chi connectivity index (χ2v) is 3.12. The highest BCUT2D eigenvalue weighted by atomic mass is 19.3. The summed E-state index contributed by atoms with van der Waals surface area (Å²) in [5, 5.41) is 0. The Labute approximate surface area is 88.4 Å². The van der Waals surface area contributed by atoms with Crippen LogP contribution in [0.1, 0.15) is 12.8 Å². The van der Waals surface area contributed by atoms with Crippen LogP contribution in [-0.4, -0.2) is 50.6 Å². The van der Waals surface area contributed by atoms with Gasteiger partial charge < -0.3 is 15.4 Å². The number of ether oxygens (including phenoxy) is 1. The highest BCUT2D eigenvalue weighted by Crippen LogP contribution is 2.02. The molecule has 90 valence electrons. The van der Waals surface area contributed by atoms with E-state index in [2.05, 4.69) is 0 Å². The van der Waals surface area contributed by atoms with Crippen molar-refractivity contribution in [3.05, 3.63) is 0 Å². The molecule has 0 aromatic heterocycles. The molecule has 0 spiro atoms. The predicted molar refractivity (Wildman–Crippen MR) is 52.7 cm³/mol. The minimum Gasteiger partial charge on any atom is -0.383 e. The Bertz CT molecular complexity index is 179. The summed E-state index contributed by atoms with van der Waals surface area (Å²) in [4.78, 5) is 12.5. The Morgan fingerprint density at radius 1 is 1.53 bits per heavy atom. The summed E-state index contributed by atoms with van der Waals surface area (Å²) >= 11 is 0. The lowest BCUT2D eigenvalue weighted by molar-refractivity contribution is -0.133. The molecule has 0 saturated carbocycles. The number of rotatable bonds is 8. The summed E-state index contributed by atoms with van der Waals surface area (Å²) in [6, 6.07) is 0. The first-order chi connectivity index (χ1) is 7.11. The minimum absolute atomic E-state index is 0.199. The van der Waals surface area contributed by atoms with Gasteiger partial charge in [0.1, 0.15) is 0 Å². The number of hydrogen-bond donors (Lipinski definition) is 1. The molecule has 0 aliphatic rings. The first-order valence-corrected chi connectivity index (χ1v) is 4.86. The summed E-state index contributed by atoms with van der Waals surface area (Å²) < 4.78 is 29.0. The average molecular weight is 224 g/mol. The Hall–Kier alpha value is -0.750. The zero-order chi connectivity index (χ0) is 11.7. The van der Waals surface area contributed by atoms with Crippen LogP contribution in [0.15, 0.2) is 0 Å². The highest BCUT2D eigenvalue weighted by molar-refractivity contribution is 5.76. The van der Waals surface area contributed by atoms with E-state index < -0.39 is 13.0 Å². The first kappa shape index (κ1) is 14.2. The van der Waals surface area contributed by atoms with Gasteiger partial charge in [0.25, 0.3) is 6.43 Å². The van der Waals surface area contributed by atoms with E-state index in [-0.39, 0.29) is 25.5 Å². The molecule has 0 radical (unpaired) electrons. The van der Waals surface area contributed by atoms with Gasteiger partial charge in [-0.05, 0) is 13.0 Å². The van der Waals surface area contributed by atoms with E-state index in [1.54, 1.807) is 0 Å². The van der Waals surface area contributed by atoms with Crippen LogP contribution in [-0.2, 0) is 9.53 Å². The molecule has 0 aliphatic carbocycles. The van der Waals surface area contributed by atoms with Gasteiger partial charge in [-0.1, -0.05) is 0 Å². The second kappa shape index (κ2) is 8.55. The molecule has 6 heteroatoms. The average Bonchev–Trinajstić information content (AvgIpc) is 2.20. The van der Waals surface area contributed by atoms with Gasteiger partial charge in [-0.15, -0.1) is 0 Å². The van der Waals surface area contributed by atoms with Crippen LogP contribution < -0.4 is 5.73 Å². The molecule has 0 unspecified atom stereocenters. The smallest absolute Gasteiger partial charge is 0.255 e. The number of alkyl halides is 2. The fourth-order valence-electron chi connectivity index (χ4n) is 1.10. The first-order valence-electron chi connectivity index (χ1n) is 4.86. The maximum Gasteiger partial charge on any atom is 0.255 e. The molecular formula is C9H18F2N2O2. The summed E-state index contributed by atoms with van der Waals surface area (Å²) in [6.07, 6.45) is -1.78. The molecule has 0 aromatic rings. The van der Waals surface area contributed by atoms with Crippen molar-refractivity contribution in [1.82, 2.24) is 4.90 Å². The third-order valence-corrected chi connectivity index (χ3v) is 1.87. The molecule has 2 N–H and O–H groups in total. The maximum absolute atomic E-state index is 12.1. The van der Waals surface area contributed by atoms with Gasteiger partial charge in [0.05, 0.1) is 13.2 Å².